The molecule has 0 N–H and O–H groups in total. The number of nitrogens with zero attached hydrogens (tertiary/aromatic N) is 2. The first-order chi connectivity index (χ1) is 12.6. The van der Waals surface area contributed by atoms with Crippen LogP contribution in [0.4, 0.5) is 8.78 Å². The summed E-state index contributed by atoms with van der Waals surface area (Å²) in [6.45, 7) is 4.32. The van der Waals surface area contributed by atoms with E-state index in [2.05, 4.69) is 9.80 Å². The Hall–Kier alpha value is -1.53. The number of methoxy groups -OCH3 is 1. The smallest absolute Gasteiger partial charge is 0.305 e. The molecule has 26 heavy (non-hydrogen) atoms. The van der Waals surface area contributed by atoms with Gasteiger partial charge in [0.05, 0.1) is 7.11 Å². The molecular weight excluding hydrogens is 338 g/mol. The molecule has 4 nitrogen and oxygen atoms in total. The van der Waals surface area contributed by atoms with Gasteiger partial charge in [0.1, 0.15) is 11.6 Å². The van der Waals surface area contributed by atoms with Gasteiger partial charge in [0.25, 0.3) is 0 Å². The van der Waals surface area contributed by atoms with Crippen LogP contribution < -0.4 is 0 Å². The first kappa shape index (κ1) is 19.2. The second-order valence-electron chi connectivity index (χ2n) is 7.44. The Balaban J connectivity index is 1.66. The van der Waals surface area contributed by atoms with Gasteiger partial charge in [-0.2, -0.15) is 0 Å². The van der Waals surface area contributed by atoms with Crippen LogP contribution in [0.3, 0.4) is 0 Å². The molecule has 0 bridgehead atoms. The number of piperidine rings is 1. The van der Waals surface area contributed by atoms with E-state index in [9.17, 15) is 13.6 Å². The Morgan fingerprint density at radius 3 is 2.73 bits per heavy atom. The molecule has 0 aliphatic carbocycles. The second-order valence-corrected chi connectivity index (χ2v) is 7.44. The topological polar surface area (TPSA) is 32.8 Å². The summed E-state index contributed by atoms with van der Waals surface area (Å²) < 4.78 is 32.2. The first-order valence-corrected chi connectivity index (χ1v) is 9.54. The average Bonchev–Trinajstić information content (AvgIpc) is 3.17. The Labute approximate surface area is 154 Å². The van der Waals surface area contributed by atoms with Gasteiger partial charge in [-0.25, -0.2) is 8.78 Å². The highest BCUT2D eigenvalue weighted by atomic mass is 19.1. The average molecular weight is 366 g/mol. The van der Waals surface area contributed by atoms with Gasteiger partial charge in [-0.1, -0.05) is 0 Å². The summed E-state index contributed by atoms with van der Waals surface area (Å²) in [5.41, 5.74) is 0.399. The van der Waals surface area contributed by atoms with Crippen molar-refractivity contribution in [3.05, 3.63) is 35.4 Å². The third-order valence-electron chi connectivity index (χ3n) is 5.74. The minimum absolute atomic E-state index is 0.182. The third-order valence-corrected chi connectivity index (χ3v) is 5.74. The van der Waals surface area contributed by atoms with E-state index in [0.29, 0.717) is 30.5 Å². The number of rotatable bonds is 6. The Bertz CT molecular complexity index is 620. The van der Waals surface area contributed by atoms with Gasteiger partial charge in [-0.05, 0) is 69.4 Å². The molecule has 0 radical (unpaired) electrons. The molecule has 144 valence electrons. The summed E-state index contributed by atoms with van der Waals surface area (Å²) in [6.07, 6.45) is 4.66. The number of likely N-dealkylation sites (tertiary alicyclic amines) is 2. The lowest BCUT2D eigenvalue weighted by molar-refractivity contribution is -0.141. The standard InChI is InChI=1S/C20H28F2N2O2/c1-26-20(25)7-4-15-13-23(11-8-19(15)24-9-2-3-10-24)14-16-12-17(21)5-6-18(16)22/h5-6,12,15,19H,2-4,7-11,13-14H2,1H3/t15-,19+/m0/s1. The van der Waals surface area contributed by atoms with Crippen molar-refractivity contribution < 1.29 is 18.3 Å². The number of carbonyl (C=O) groups is 1. The molecule has 1 aromatic rings. The summed E-state index contributed by atoms with van der Waals surface area (Å²) in [4.78, 5) is 16.3. The maximum absolute atomic E-state index is 14.0. The van der Waals surface area contributed by atoms with Gasteiger partial charge in [0, 0.05) is 31.1 Å². The Morgan fingerprint density at radius 2 is 2.00 bits per heavy atom. The predicted octanol–water partition coefficient (Wildman–Crippen LogP) is 3.20. The van der Waals surface area contributed by atoms with Crippen LogP contribution >= 0.6 is 0 Å². The molecule has 0 saturated carbocycles. The zero-order valence-corrected chi connectivity index (χ0v) is 15.4. The fourth-order valence-corrected chi connectivity index (χ4v) is 4.39. The van der Waals surface area contributed by atoms with Crippen LogP contribution in [-0.2, 0) is 16.1 Å². The molecule has 2 saturated heterocycles. The molecule has 0 spiro atoms. The van der Waals surface area contributed by atoms with Crippen LogP contribution in [0, 0.1) is 17.6 Å². The van der Waals surface area contributed by atoms with Crippen molar-refractivity contribution in [1.82, 2.24) is 9.80 Å². The van der Waals surface area contributed by atoms with E-state index in [1.807, 2.05) is 0 Å². The number of carbonyl (C=O) groups excluding carboxylic acids is 1. The van der Waals surface area contributed by atoms with Crippen molar-refractivity contribution in [2.45, 2.75) is 44.7 Å². The van der Waals surface area contributed by atoms with E-state index >= 15 is 0 Å². The number of hydrogen-bond donors (Lipinski definition) is 0. The summed E-state index contributed by atoms with van der Waals surface area (Å²) in [6, 6.07) is 4.09. The van der Waals surface area contributed by atoms with Gasteiger partial charge in [0.2, 0.25) is 0 Å². The highest BCUT2D eigenvalue weighted by molar-refractivity contribution is 5.69. The molecule has 2 atom stereocenters. The number of halogens is 2. The monoisotopic (exact) mass is 366 g/mol. The Morgan fingerprint density at radius 1 is 1.23 bits per heavy atom. The largest absolute Gasteiger partial charge is 0.469 e. The van der Waals surface area contributed by atoms with Gasteiger partial charge >= 0.3 is 5.97 Å². The van der Waals surface area contributed by atoms with Gasteiger partial charge in [-0.15, -0.1) is 0 Å². The van der Waals surface area contributed by atoms with E-state index in [4.69, 9.17) is 4.74 Å². The van der Waals surface area contributed by atoms with Crippen LogP contribution in [0.25, 0.3) is 0 Å². The minimum atomic E-state index is -0.407. The van der Waals surface area contributed by atoms with Crippen LogP contribution in [0.1, 0.15) is 37.7 Å². The minimum Gasteiger partial charge on any atom is -0.469 e. The molecule has 3 rings (SSSR count). The zero-order chi connectivity index (χ0) is 18.5. The van der Waals surface area contributed by atoms with Crippen molar-refractivity contribution in [2.24, 2.45) is 5.92 Å². The first-order valence-electron chi connectivity index (χ1n) is 9.54. The quantitative estimate of drug-likeness (QED) is 0.724. The summed E-state index contributed by atoms with van der Waals surface area (Å²) in [5, 5.41) is 0. The van der Waals surface area contributed by atoms with Crippen LogP contribution in [0.5, 0.6) is 0 Å². The van der Waals surface area contributed by atoms with Crippen LogP contribution in [0.2, 0.25) is 0 Å². The fraction of sp³-hybridized carbons (Fsp3) is 0.650. The third kappa shape index (κ3) is 4.80. The molecule has 2 aliphatic heterocycles. The summed E-state index contributed by atoms with van der Waals surface area (Å²) >= 11 is 0. The van der Waals surface area contributed by atoms with Crippen LogP contribution in [0.15, 0.2) is 18.2 Å². The van der Waals surface area contributed by atoms with E-state index in [-0.39, 0.29) is 11.8 Å². The number of benzene rings is 1. The molecule has 6 heteroatoms. The molecule has 2 fully saturated rings. The molecule has 0 aromatic heterocycles. The molecule has 0 unspecified atom stereocenters. The number of ether oxygens (including phenoxy) is 1. The van der Waals surface area contributed by atoms with Crippen molar-refractivity contribution in [3.63, 3.8) is 0 Å². The zero-order valence-electron chi connectivity index (χ0n) is 15.4. The van der Waals surface area contributed by atoms with Crippen molar-refractivity contribution in [3.8, 4) is 0 Å². The van der Waals surface area contributed by atoms with E-state index < -0.39 is 5.82 Å². The maximum atomic E-state index is 14.0. The summed E-state index contributed by atoms with van der Waals surface area (Å²) in [5.74, 6) is -0.606. The number of esters is 1. The second kappa shape index (κ2) is 8.91. The molecule has 2 aliphatic rings. The normalized spacial score (nSPS) is 24.7. The number of hydrogen-bond acceptors (Lipinski definition) is 4. The maximum Gasteiger partial charge on any atom is 0.305 e. The molecule has 1 aromatic carbocycles. The predicted molar refractivity (Wildman–Crippen MR) is 95.6 cm³/mol. The van der Waals surface area contributed by atoms with Crippen molar-refractivity contribution in [2.75, 3.05) is 33.3 Å². The van der Waals surface area contributed by atoms with Crippen LogP contribution in [-0.4, -0.2) is 55.1 Å². The van der Waals surface area contributed by atoms with Gasteiger partial charge < -0.3 is 9.64 Å². The van der Waals surface area contributed by atoms with Gasteiger partial charge in [-0.3, -0.25) is 9.69 Å². The summed E-state index contributed by atoms with van der Waals surface area (Å²) in [7, 11) is 1.42. The highest BCUT2D eigenvalue weighted by Crippen LogP contribution is 2.30. The van der Waals surface area contributed by atoms with Crippen molar-refractivity contribution >= 4 is 5.97 Å². The lowest BCUT2D eigenvalue weighted by Crippen LogP contribution is -2.50. The molecular formula is C20H28F2N2O2. The van der Waals surface area contributed by atoms with Crippen molar-refractivity contribution in [1.29, 1.82) is 0 Å². The lowest BCUT2D eigenvalue weighted by atomic mass is 9.87. The van der Waals surface area contributed by atoms with E-state index in [0.717, 1.165) is 45.1 Å². The fourth-order valence-electron chi connectivity index (χ4n) is 4.39. The van der Waals surface area contributed by atoms with E-state index in [1.165, 1.54) is 32.1 Å². The molecule has 0 amide bonds. The highest BCUT2D eigenvalue weighted by Gasteiger charge is 2.34. The van der Waals surface area contributed by atoms with Gasteiger partial charge in [0.15, 0.2) is 0 Å². The Kier molecular flexibility index (Phi) is 6.59. The lowest BCUT2D eigenvalue weighted by Gasteiger charge is -2.43. The molecule has 2 heterocycles. The SMILES string of the molecule is COC(=O)CC[C@H]1CN(Cc2cc(F)ccc2F)CC[C@H]1N1CCCC1. The van der Waals surface area contributed by atoms with E-state index in [1.54, 1.807) is 0 Å².